The number of carboxylic acid groups (broad SMARTS) is 2. The number of nitrogens with zero attached hydrogens (tertiary/aromatic N) is 14. The number of hydrogen-bond acceptors (Lipinski definition) is 24. The van der Waals surface area contributed by atoms with Crippen molar-refractivity contribution in [3.05, 3.63) is 185 Å². The Morgan fingerprint density at radius 1 is 0.469 bits per heavy atom. The van der Waals surface area contributed by atoms with E-state index in [1.54, 1.807) is 25.8 Å². The summed E-state index contributed by atoms with van der Waals surface area (Å²) in [5, 5.41) is 67.4. The molecular formula is C69H71N15O14. The maximum Gasteiger partial charge on any atom is 0.364 e. The molecule has 0 atom stereocenters. The van der Waals surface area contributed by atoms with Gasteiger partial charge in [0.05, 0.1) is 33.9 Å². The molecule has 98 heavy (non-hydrogen) atoms. The summed E-state index contributed by atoms with van der Waals surface area (Å²) in [7, 11) is 3.24. The SMILES string of the molecule is CCOC(=O)c1nnn(Cc2ccc(OC)cc2)c1OC1CCC(c2ccc(-c3nnco3)cc2)CC1.COc1ccc(Cn2nnc(C(=O)O)c2OC2CCC(c3ccc(-c4nnco4)cc3)CC2)cc1.O=C(O)c1[nH]nnc1OC1CCC(c2ccc(-c3nnco3)cc2)CC1. The van der Waals surface area contributed by atoms with Crippen LogP contribution in [0.25, 0.3) is 34.4 Å². The van der Waals surface area contributed by atoms with E-state index in [1.807, 2.05) is 84.9 Å². The Morgan fingerprint density at radius 2 is 0.847 bits per heavy atom. The van der Waals surface area contributed by atoms with E-state index in [4.69, 9.17) is 46.8 Å². The van der Waals surface area contributed by atoms with Crippen LogP contribution in [0.4, 0.5) is 0 Å². The smallest absolute Gasteiger partial charge is 0.364 e. The first-order chi connectivity index (χ1) is 47.9. The number of nitrogens with one attached hydrogen (secondary N) is 1. The van der Waals surface area contributed by atoms with Crippen LogP contribution in [0.3, 0.4) is 0 Å². The highest BCUT2D eigenvalue weighted by atomic mass is 16.5. The zero-order valence-corrected chi connectivity index (χ0v) is 53.9. The Balaban J connectivity index is 0.000000142. The third kappa shape index (κ3) is 16.5. The number of H-pyrrole nitrogens is 1. The van der Waals surface area contributed by atoms with Crippen LogP contribution in [-0.2, 0) is 17.8 Å². The number of aromatic amines is 1. The minimum atomic E-state index is -1.16. The van der Waals surface area contributed by atoms with E-state index < -0.39 is 17.9 Å². The normalized spacial score (nSPS) is 18.2. The van der Waals surface area contributed by atoms with Gasteiger partial charge in [-0.3, -0.25) is 0 Å². The zero-order chi connectivity index (χ0) is 67.7. The molecule has 29 heteroatoms. The Kier molecular flexibility index (Phi) is 21.5. The van der Waals surface area contributed by atoms with Crippen molar-refractivity contribution in [1.29, 1.82) is 0 Å². The van der Waals surface area contributed by atoms with Gasteiger partial charge in [-0.05, 0) is 190 Å². The summed E-state index contributed by atoms with van der Waals surface area (Å²) < 4.78 is 52.8. The third-order valence-corrected chi connectivity index (χ3v) is 17.6. The van der Waals surface area contributed by atoms with Crippen molar-refractivity contribution in [3.8, 4) is 63.5 Å². The van der Waals surface area contributed by atoms with Gasteiger partial charge in [0.15, 0.2) is 0 Å². The topological polar surface area (TPSA) is 367 Å². The molecule has 0 unspecified atom stereocenters. The minimum Gasteiger partial charge on any atom is -0.497 e. The maximum absolute atomic E-state index is 12.6. The first-order valence-electron chi connectivity index (χ1n) is 32.2. The first kappa shape index (κ1) is 66.4. The molecule has 6 aromatic heterocycles. The Bertz CT molecular complexity index is 4290. The molecule has 11 aromatic rings. The van der Waals surface area contributed by atoms with Gasteiger partial charge in [0.25, 0.3) is 5.88 Å². The quantitative estimate of drug-likeness (QED) is 0.0531. The van der Waals surface area contributed by atoms with Crippen molar-refractivity contribution >= 4 is 17.9 Å². The average molecular weight is 1330 g/mol. The van der Waals surface area contributed by atoms with Crippen LogP contribution < -0.4 is 23.7 Å². The fourth-order valence-electron chi connectivity index (χ4n) is 12.4. The number of carbonyl (C=O) groups is 3. The number of hydrogen-bond donors (Lipinski definition) is 3. The van der Waals surface area contributed by atoms with Gasteiger partial charge in [0.2, 0.25) is 65.7 Å². The Labute approximate surface area is 560 Å². The van der Waals surface area contributed by atoms with Gasteiger partial charge in [-0.1, -0.05) is 81.4 Å². The summed E-state index contributed by atoms with van der Waals surface area (Å²) in [4.78, 5) is 35.4. The third-order valence-electron chi connectivity index (χ3n) is 17.6. The number of aromatic carboxylic acids is 2. The summed E-state index contributed by atoms with van der Waals surface area (Å²) in [5.74, 6) is 2.12. The summed E-state index contributed by atoms with van der Waals surface area (Å²) in [5.41, 5.74) is 8.24. The molecule has 0 amide bonds. The van der Waals surface area contributed by atoms with Crippen molar-refractivity contribution in [2.45, 2.75) is 133 Å². The second-order valence-corrected chi connectivity index (χ2v) is 23.7. The van der Waals surface area contributed by atoms with Gasteiger partial charge in [-0.25, -0.2) is 28.8 Å². The number of carboxylic acids is 2. The number of carbonyl (C=O) groups excluding carboxylic acids is 1. The largest absolute Gasteiger partial charge is 0.497 e. The number of benzene rings is 5. The lowest BCUT2D eigenvalue weighted by Crippen LogP contribution is -2.25. The van der Waals surface area contributed by atoms with Gasteiger partial charge in [-0.15, -0.1) is 40.8 Å². The van der Waals surface area contributed by atoms with Crippen molar-refractivity contribution in [2.75, 3.05) is 20.8 Å². The van der Waals surface area contributed by atoms with Crippen LogP contribution in [0.2, 0.25) is 0 Å². The fourth-order valence-corrected chi connectivity index (χ4v) is 12.4. The molecule has 3 aliphatic carbocycles. The lowest BCUT2D eigenvalue weighted by atomic mass is 9.82. The minimum absolute atomic E-state index is 0.0461. The van der Waals surface area contributed by atoms with Crippen molar-refractivity contribution in [1.82, 2.24) is 76.0 Å². The second kappa shape index (κ2) is 31.7. The first-order valence-corrected chi connectivity index (χ1v) is 32.2. The number of rotatable bonds is 22. The molecule has 0 bridgehead atoms. The Morgan fingerprint density at radius 3 is 1.19 bits per heavy atom. The summed E-state index contributed by atoms with van der Waals surface area (Å²) in [6.45, 7) is 2.77. The van der Waals surface area contributed by atoms with Gasteiger partial charge in [0, 0.05) is 16.7 Å². The number of aromatic nitrogens is 15. The highest BCUT2D eigenvalue weighted by molar-refractivity contribution is 5.90. The fraction of sp³-hybridized carbons (Fsp3) is 0.348. The molecule has 0 aliphatic heterocycles. The number of ether oxygens (including phenoxy) is 6. The molecule has 0 radical (unpaired) electrons. The van der Waals surface area contributed by atoms with Gasteiger partial charge in [-0.2, -0.15) is 0 Å². The second-order valence-electron chi connectivity index (χ2n) is 23.7. The molecule has 3 fully saturated rings. The highest BCUT2D eigenvalue weighted by Crippen LogP contribution is 2.39. The van der Waals surface area contributed by atoms with Crippen molar-refractivity contribution in [3.63, 3.8) is 0 Å². The van der Waals surface area contributed by atoms with E-state index in [0.29, 0.717) is 54.4 Å². The molecule has 3 saturated carbocycles. The Hall–Kier alpha value is -11.7. The number of esters is 1. The van der Waals surface area contributed by atoms with Gasteiger partial charge < -0.3 is 51.9 Å². The van der Waals surface area contributed by atoms with Crippen LogP contribution in [0.15, 0.2) is 154 Å². The van der Waals surface area contributed by atoms with Crippen LogP contribution in [0.5, 0.6) is 29.1 Å². The van der Waals surface area contributed by atoms with Crippen LogP contribution in [-0.4, -0.2) is 143 Å². The number of methoxy groups -OCH3 is 2. The monoisotopic (exact) mass is 1330 g/mol. The molecule has 6 heterocycles. The zero-order valence-electron chi connectivity index (χ0n) is 53.9. The van der Waals surface area contributed by atoms with E-state index in [2.05, 4.69) is 103 Å². The molecule has 3 aliphatic rings. The molecular weight excluding hydrogens is 1260 g/mol. The highest BCUT2D eigenvalue weighted by Gasteiger charge is 2.32. The summed E-state index contributed by atoms with van der Waals surface area (Å²) in [6, 6.07) is 39.8. The predicted octanol–water partition coefficient (Wildman–Crippen LogP) is 11.5. The average Bonchev–Trinajstić information content (AvgIpc) is 1.61. The molecule has 0 spiro atoms. The van der Waals surface area contributed by atoms with E-state index in [-0.39, 0.29) is 53.8 Å². The van der Waals surface area contributed by atoms with Gasteiger partial charge in [0.1, 0.15) is 29.8 Å². The molecule has 14 rings (SSSR count). The van der Waals surface area contributed by atoms with Gasteiger partial charge >= 0.3 is 17.9 Å². The van der Waals surface area contributed by atoms with Crippen molar-refractivity contribution in [2.24, 2.45) is 0 Å². The predicted molar refractivity (Wildman–Crippen MR) is 347 cm³/mol. The lowest BCUT2D eigenvalue weighted by molar-refractivity contribution is 0.0505. The van der Waals surface area contributed by atoms with E-state index >= 15 is 0 Å². The van der Waals surface area contributed by atoms with E-state index in [0.717, 1.165) is 116 Å². The van der Waals surface area contributed by atoms with E-state index in [1.165, 1.54) is 40.6 Å². The summed E-state index contributed by atoms with van der Waals surface area (Å²) in [6.07, 6.45) is 14.5. The molecule has 3 N–H and O–H groups in total. The molecule has 0 saturated heterocycles. The molecule has 506 valence electrons. The molecule has 5 aromatic carbocycles. The molecule has 29 nitrogen and oxygen atoms in total. The van der Waals surface area contributed by atoms with E-state index in [9.17, 15) is 19.5 Å². The standard InChI is InChI=1S/C27H29N5O5.C25H25N5O5.C17H17N5O4/c1-3-35-27(33)24-26(32(31-29-24)16-18-4-12-22(34-2)13-5-18)37-23-14-10-20(11-15-23)19-6-8-21(9-7-19)25-30-28-17-36-25;1-33-20-10-2-16(3-11-20)14-30-24(22(25(31)32)27-29-30)35-21-12-8-18(9-13-21)17-4-6-19(7-5-17)23-28-26-15-34-23;23-17(24)14-16(21-22-19-14)26-13-7-5-11(6-8-13)10-1-3-12(4-2-10)15-20-18-9-25-15/h4-9,12-13,17,20,23H,3,10-11,14-16H2,1-2H3;2-7,10-11,15,18,21H,8-9,12-14H2,1H3,(H,31,32);1-4,9,11,13H,5-8H2,(H,23,24)(H,19,21,22). The lowest BCUT2D eigenvalue weighted by Gasteiger charge is -2.29. The van der Waals surface area contributed by atoms with Crippen LogP contribution >= 0.6 is 0 Å². The van der Waals surface area contributed by atoms with Crippen LogP contribution in [0, 0.1) is 0 Å². The van der Waals surface area contributed by atoms with Crippen LogP contribution in [0.1, 0.15) is 161 Å². The van der Waals surface area contributed by atoms with Crippen molar-refractivity contribution < 1.29 is 66.3 Å². The summed E-state index contributed by atoms with van der Waals surface area (Å²) >= 11 is 0. The maximum atomic E-state index is 12.6.